The molecule has 2 nitrogen and oxygen atoms in total. The molecule has 0 amide bonds. The Balaban J connectivity index is 1.87. The molecule has 2 aliphatic rings. The Morgan fingerprint density at radius 2 is 2.00 bits per heavy atom. The smallest absolute Gasteiger partial charge is 0.0581 e. The zero-order chi connectivity index (χ0) is 11.4. The molecule has 2 rings (SSSR count). The summed E-state index contributed by atoms with van der Waals surface area (Å²) in [6.45, 7) is 4.16. The topological polar surface area (TPSA) is 35.2 Å². The molecule has 0 spiro atoms. The van der Waals surface area contributed by atoms with Gasteiger partial charge in [0.25, 0.3) is 0 Å². The first-order valence-electron chi connectivity index (χ1n) is 7.10. The van der Waals surface area contributed by atoms with Crippen LogP contribution in [0, 0.1) is 11.3 Å². The van der Waals surface area contributed by atoms with E-state index in [9.17, 15) is 0 Å². The van der Waals surface area contributed by atoms with Gasteiger partial charge in [-0.05, 0) is 62.8 Å². The van der Waals surface area contributed by atoms with Gasteiger partial charge in [0, 0.05) is 6.61 Å². The number of hydrogen-bond acceptors (Lipinski definition) is 2. The minimum Gasteiger partial charge on any atom is -0.378 e. The van der Waals surface area contributed by atoms with Crippen molar-refractivity contribution in [3.05, 3.63) is 0 Å². The second-order valence-corrected chi connectivity index (χ2v) is 5.89. The van der Waals surface area contributed by atoms with Crippen molar-refractivity contribution in [3.63, 3.8) is 0 Å². The number of hydrogen-bond donors (Lipinski definition) is 1. The molecule has 2 fully saturated rings. The second-order valence-electron chi connectivity index (χ2n) is 5.89. The zero-order valence-electron chi connectivity index (χ0n) is 10.7. The minimum absolute atomic E-state index is 0.417. The lowest BCUT2D eigenvalue weighted by atomic mass is 9.67. The molecule has 94 valence electrons. The molecular formula is C14H27NO. The lowest BCUT2D eigenvalue weighted by molar-refractivity contribution is 0.0385. The fourth-order valence-corrected chi connectivity index (χ4v) is 3.48. The number of ether oxygens (including phenoxy) is 1. The van der Waals surface area contributed by atoms with Crippen molar-refractivity contribution in [3.8, 4) is 0 Å². The van der Waals surface area contributed by atoms with E-state index in [0.29, 0.717) is 11.5 Å². The SMILES string of the molecule is CCC1CCC(CN)(CC2CCCO2)CC1. The summed E-state index contributed by atoms with van der Waals surface area (Å²) in [7, 11) is 0. The fourth-order valence-electron chi connectivity index (χ4n) is 3.48. The van der Waals surface area contributed by atoms with Crippen LogP contribution in [0.5, 0.6) is 0 Å². The van der Waals surface area contributed by atoms with Gasteiger partial charge in [0.2, 0.25) is 0 Å². The van der Waals surface area contributed by atoms with Gasteiger partial charge in [0.15, 0.2) is 0 Å². The van der Waals surface area contributed by atoms with Gasteiger partial charge in [-0.25, -0.2) is 0 Å². The van der Waals surface area contributed by atoms with Crippen LogP contribution in [0.4, 0.5) is 0 Å². The summed E-state index contributed by atoms with van der Waals surface area (Å²) >= 11 is 0. The third-order valence-corrected chi connectivity index (χ3v) is 4.86. The van der Waals surface area contributed by atoms with E-state index in [1.54, 1.807) is 0 Å². The third-order valence-electron chi connectivity index (χ3n) is 4.86. The average Bonchev–Trinajstić information content (AvgIpc) is 2.83. The Labute approximate surface area is 99.9 Å². The molecule has 2 N–H and O–H groups in total. The van der Waals surface area contributed by atoms with Gasteiger partial charge in [-0.2, -0.15) is 0 Å². The van der Waals surface area contributed by atoms with Crippen LogP contribution in [0.3, 0.4) is 0 Å². The molecule has 1 atom stereocenters. The highest BCUT2D eigenvalue weighted by Gasteiger charge is 2.36. The van der Waals surface area contributed by atoms with Crippen LogP contribution in [-0.4, -0.2) is 19.3 Å². The van der Waals surface area contributed by atoms with Gasteiger partial charge in [-0.15, -0.1) is 0 Å². The lowest BCUT2D eigenvalue weighted by Crippen LogP contribution is -2.37. The number of nitrogens with two attached hydrogens (primary N) is 1. The Bertz CT molecular complexity index is 203. The summed E-state index contributed by atoms with van der Waals surface area (Å²) in [5.74, 6) is 0.962. The molecule has 1 unspecified atom stereocenters. The lowest BCUT2D eigenvalue weighted by Gasteiger charge is -2.40. The number of rotatable bonds is 4. The molecule has 16 heavy (non-hydrogen) atoms. The molecule has 0 aromatic carbocycles. The monoisotopic (exact) mass is 225 g/mol. The van der Waals surface area contributed by atoms with Crippen molar-refractivity contribution < 1.29 is 4.74 Å². The predicted molar refractivity (Wildman–Crippen MR) is 67.3 cm³/mol. The third kappa shape index (κ3) is 2.78. The van der Waals surface area contributed by atoms with Gasteiger partial charge in [-0.1, -0.05) is 13.3 Å². The van der Waals surface area contributed by atoms with Crippen molar-refractivity contribution in [1.29, 1.82) is 0 Å². The molecule has 0 radical (unpaired) electrons. The van der Waals surface area contributed by atoms with Crippen LogP contribution in [0.15, 0.2) is 0 Å². The summed E-state index contributed by atoms with van der Waals surface area (Å²) in [4.78, 5) is 0. The zero-order valence-corrected chi connectivity index (χ0v) is 10.7. The largest absolute Gasteiger partial charge is 0.378 e. The normalized spacial score (nSPS) is 40.1. The Hall–Kier alpha value is -0.0800. The summed E-state index contributed by atoms with van der Waals surface area (Å²) < 4.78 is 5.78. The van der Waals surface area contributed by atoms with E-state index in [4.69, 9.17) is 10.5 Å². The first kappa shape index (κ1) is 12.4. The van der Waals surface area contributed by atoms with Gasteiger partial charge in [0.05, 0.1) is 6.10 Å². The Morgan fingerprint density at radius 1 is 1.25 bits per heavy atom. The van der Waals surface area contributed by atoms with Crippen molar-refractivity contribution in [1.82, 2.24) is 0 Å². The molecule has 1 heterocycles. The van der Waals surface area contributed by atoms with Crippen LogP contribution in [-0.2, 0) is 4.74 Å². The van der Waals surface area contributed by atoms with Crippen LogP contribution >= 0.6 is 0 Å². The average molecular weight is 225 g/mol. The molecule has 1 saturated carbocycles. The molecule has 2 heteroatoms. The van der Waals surface area contributed by atoms with E-state index >= 15 is 0 Å². The van der Waals surface area contributed by atoms with Crippen LogP contribution in [0.1, 0.15) is 58.3 Å². The summed E-state index contributed by atoms with van der Waals surface area (Å²) in [6.07, 6.45) is 11.1. The summed E-state index contributed by atoms with van der Waals surface area (Å²) in [5, 5.41) is 0. The molecule has 0 bridgehead atoms. The Kier molecular flexibility index (Phi) is 4.26. The fraction of sp³-hybridized carbons (Fsp3) is 1.00. The summed E-state index contributed by atoms with van der Waals surface area (Å²) in [6, 6.07) is 0. The maximum atomic E-state index is 6.05. The maximum Gasteiger partial charge on any atom is 0.0581 e. The highest BCUT2D eigenvalue weighted by atomic mass is 16.5. The maximum absolute atomic E-state index is 6.05. The van der Waals surface area contributed by atoms with Gasteiger partial charge in [-0.3, -0.25) is 0 Å². The van der Waals surface area contributed by atoms with Crippen molar-refractivity contribution in [2.24, 2.45) is 17.1 Å². The quantitative estimate of drug-likeness (QED) is 0.798. The predicted octanol–water partition coefficient (Wildman–Crippen LogP) is 3.10. The first-order valence-corrected chi connectivity index (χ1v) is 7.10. The van der Waals surface area contributed by atoms with E-state index in [0.717, 1.165) is 19.1 Å². The minimum atomic E-state index is 0.417. The highest BCUT2D eigenvalue weighted by molar-refractivity contribution is 4.89. The second kappa shape index (κ2) is 5.50. The van der Waals surface area contributed by atoms with Crippen LogP contribution < -0.4 is 5.73 Å². The van der Waals surface area contributed by atoms with Crippen LogP contribution in [0.25, 0.3) is 0 Å². The van der Waals surface area contributed by atoms with Crippen molar-refractivity contribution in [2.75, 3.05) is 13.2 Å². The van der Waals surface area contributed by atoms with E-state index < -0.39 is 0 Å². The molecule has 0 aromatic heterocycles. The van der Waals surface area contributed by atoms with Gasteiger partial charge < -0.3 is 10.5 Å². The molecule has 1 aliphatic heterocycles. The van der Waals surface area contributed by atoms with E-state index in [1.807, 2.05) is 0 Å². The summed E-state index contributed by atoms with van der Waals surface area (Å²) in [5.41, 5.74) is 6.47. The highest BCUT2D eigenvalue weighted by Crippen LogP contribution is 2.43. The van der Waals surface area contributed by atoms with Crippen molar-refractivity contribution >= 4 is 0 Å². The van der Waals surface area contributed by atoms with E-state index in [2.05, 4.69) is 6.92 Å². The van der Waals surface area contributed by atoms with Gasteiger partial charge >= 0.3 is 0 Å². The molecular weight excluding hydrogens is 198 g/mol. The first-order chi connectivity index (χ1) is 7.78. The van der Waals surface area contributed by atoms with E-state index in [-0.39, 0.29) is 0 Å². The van der Waals surface area contributed by atoms with Crippen LogP contribution in [0.2, 0.25) is 0 Å². The van der Waals surface area contributed by atoms with Gasteiger partial charge in [0.1, 0.15) is 0 Å². The molecule has 1 saturated heterocycles. The Morgan fingerprint density at radius 3 is 2.50 bits per heavy atom. The van der Waals surface area contributed by atoms with Crippen molar-refractivity contribution in [2.45, 2.75) is 64.4 Å². The standard InChI is InChI=1S/C14H27NO/c1-2-12-5-7-14(11-15,8-6-12)10-13-4-3-9-16-13/h12-13H,2-11,15H2,1H3. The van der Waals surface area contributed by atoms with E-state index in [1.165, 1.54) is 51.4 Å². The molecule has 1 aliphatic carbocycles. The molecule has 0 aromatic rings.